The van der Waals surface area contributed by atoms with Gasteiger partial charge in [0.2, 0.25) is 11.8 Å². The van der Waals surface area contributed by atoms with Crippen molar-refractivity contribution >= 4 is 43.3 Å². The third-order valence-corrected chi connectivity index (χ3v) is 8.42. The highest BCUT2D eigenvalue weighted by atomic mass is 79.9. The minimum absolute atomic E-state index is 0.0706. The van der Waals surface area contributed by atoms with Crippen LogP contribution in [0.15, 0.2) is 28.7 Å². The minimum atomic E-state index is -2.91. The molecule has 0 aliphatic carbocycles. The van der Waals surface area contributed by atoms with Crippen LogP contribution in [0.2, 0.25) is 0 Å². The Morgan fingerprint density at radius 2 is 1.75 bits per heavy atom. The van der Waals surface area contributed by atoms with Crippen molar-refractivity contribution in [3.8, 4) is 0 Å². The van der Waals surface area contributed by atoms with E-state index in [0.29, 0.717) is 45.6 Å². The molecule has 7 nitrogen and oxygen atoms in total. The van der Waals surface area contributed by atoms with Crippen LogP contribution >= 0.6 is 15.9 Å². The molecule has 2 amide bonds. The molecule has 2 unspecified atom stereocenters. The summed E-state index contributed by atoms with van der Waals surface area (Å²) in [5, 5.41) is 0. The van der Waals surface area contributed by atoms with Crippen molar-refractivity contribution in [2.24, 2.45) is 5.92 Å². The summed E-state index contributed by atoms with van der Waals surface area (Å²) < 4.78 is 24.2. The molecule has 3 saturated heterocycles. The number of rotatable bonds is 3. The molecule has 2 atom stereocenters. The highest BCUT2D eigenvalue weighted by molar-refractivity contribution is 9.10. The first-order valence-corrected chi connectivity index (χ1v) is 12.3. The zero-order chi connectivity index (χ0) is 19.9. The molecule has 3 aliphatic rings. The fourth-order valence-electron chi connectivity index (χ4n) is 4.41. The van der Waals surface area contributed by atoms with Crippen molar-refractivity contribution in [2.75, 3.05) is 49.1 Å². The molecule has 0 aromatic heterocycles. The van der Waals surface area contributed by atoms with Crippen LogP contribution in [0.1, 0.15) is 12.8 Å². The Labute approximate surface area is 173 Å². The normalized spacial score (nSPS) is 28.1. The quantitative estimate of drug-likeness (QED) is 0.620. The number of amides is 2. The molecule has 0 N–H and O–H groups in total. The summed E-state index contributed by atoms with van der Waals surface area (Å²) in [6, 6.07) is 7.61. The Bertz CT molecular complexity index is 883. The van der Waals surface area contributed by atoms with Crippen LogP contribution in [-0.4, -0.2) is 80.3 Å². The topological polar surface area (TPSA) is 78.0 Å². The molecule has 1 aromatic rings. The molecule has 28 heavy (non-hydrogen) atoms. The third kappa shape index (κ3) is 3.84. The van der Waals surface area contributed by atoms with Crippen molar-refractivity contribution < 1.29 is 18.0 Å². The Hall–Kier alpha value is -1.45. The second-order valence-electron chi connectivity index (χ2n) is 7.70. The summed E-state index contributed by atoms with van der Waals surface area (Å²) in [6.07, 6.45) is 1.21. The number of para-hydroxylation sites is 1. The number of piperazine rings is 1. The fraction of sp³-hybridized carbons (Fsp3) is 0.579. The molecule has 152 valence electrons. The molecular formula is C19H24BrN3O4S. The van der Waals surface area contributed by atoms with Gasteiger partial charge in [0.05, 0.1) is 17.2 Å². The van der Waals surface area contributed by atoms with Gasteiger partial charge >= 0.3 is 0 Å². The summed E-state index contributed by atoms with van der Waals surface area (Å²) in [5.41, 5.74) is 0.801. The molecule has 0 spiro atoms. The maximum absolute atomic E-state index is 13.0. The van der Waals surface area contributed by atoms with Crippen LogP contribution in [0.3, 0.4) is 0 Å². The number of hydrogen-bond donors (Lipinski definition) is 0. The van der Waals surface area contributed by atoms with Gasteiger partial charge in [-0.05, 0) is 40.9 Å². The first-order valence-electron chi connectivity index (χ1n) is 9.65. The number of halogens is 1. The number of carbonyl (C=O) groups excluding carboxylic acids is 2. The Morgan fingerprint density at radius 3 is 2.39 bits per heavy atom. The van der Waals surface area contributed by atoms with Gasteiger partial charge in [0, 0.05) is 43.2 Å². The first-order chi connectivity index (χ1) is 13.4. The van der Waals surface area contributed by atoms with Crippen molar-refractivity contribution in [2.45, 2.75) is 18.9 Å². The summed E-state index contributed by atoms with van der Waals surface area (Å²) >= 11 is 3.48. The molecule has 0 radical (unpaired) electrons. The van der Waals surface area contributed by atoms with Crippen LogP contribution in [-0.2, 0) is 19.4 Å². The predicted molar refractivity (Wildman–Crippen MR) is 110 cm³/mol. The van der Waals surface area contributed by atoms with Crippen LogP contribution in [0, 0.1) is 5.92 Å². The predicted octanol–water partition coefficient (Wildman–Crippen LogP) is 1.13. The lowest BCUT2D eigenvalue weighted by Crippen LogP contribution is -2.54. The number of nitrogens with zero attached hydrogens (tertiary/aromatic N) is 3. The average Bonchev–Trinajstić information content (AvgIpc) is 3.24. The lowest BCUT2D eigenvalue weighted by atomic mass is 10.1. The second-order valence-corrected chi connectivity index (χ2v) is 10.8. The lowest BCUT2D eigenvalue weighted by molar-refractivity contribution is -0.141. The third-order valence-electron chi connectivity index (χ3n) is 6.00. The molecule has 1 aromatic carbocycles. The molecule has 4 rings (SSSR count). The summed E-state index contributed by atoms with van der Waals surface area (Å²) in [4.78, 5) is 31.5. The van der Waals surface area contributed by atoms with Gasteiger partial charge in [0.1, 0.15) is 5.92 Å². The Kier molecular flexibility index (Phi) is 5.50. The molecular weight excluding hydrogens is 446 g/mol. The average molecular weight is 470 g/mol. The van der Waals surface area contributed by atoms with E-state index in [9.17, 15) is 18.0 Å². The zero-order valence-corrected chi connectivity index (χ0v) is 18.0. The van der Waals surface area contributed by atoms with Crippen LogP contribution in [0.25, 0.3) is 0 Å². The first kappa shape index (κ1) is 19.8. The zero-order valence-electron chi connectivity index (χ0n) is 15.6. The Morgan fingerprint density at radius 1 is 1.04 bits per heavy atom. The highest BCUT2D eigenvalue weighted by Gasteiger charge is 2.41. The van der Waals surface area contributed by atoms with E-state index < -0.39 is 15.8 Å². The summed E-state index contributed by atoms with van der Waals surface area (Å²) in [7, 11) is -2.91. The number of hydrogen-bond acceptors (Lipinski definition) is 5. The van der Waals surface area contributed by atoms with Gasteiger partial charge < -0.3 is 9.80 Å². The van der Waals surface area contributed by atoms with Gasteiger partial charge in [-0.1, -0.05) is 12.1 Å². The van der Waals surface area contributed by atoms with Crippen molar-refractivity contribution in [3.05, 3.63) is 28.7 Å². The molecule has 3 aliphatic heterocycles. The molecule has 0 saturated carbocycles. The SMILES string of the molecule is O=C(C1CCN(c2ccccc2Br)C1=O)N1CCN(C2CCS(=O)(=O)C2)CC1. The van der Waals surface area contributed by atoms with E-state index in [4.69, 9.17) is 0 Å². The summed E-state index contributed by atoms with van der Waals surface area (Å²) in [6.45, 7) is 2.97. The van der Waals surface area contributed by atoms with Gasteiger partial charge in [-0.15, -0.1) is 0 Å². The van der Waals surface area contributed by atoms with Crippen LogP contribution in [0.5, 0.6) is 0 Å². The van der Waals surface area contributed by atoms with E-state index in [1.807, 2.05) is 24.3 Å². The minimum Gasteiger partial charge on any atom is -0.339 e. The van der Waals surface area contributed by atoms with Crippen molar-refractivity contribution in [1.82, 2.24) is 9.80 Å². The standard InChI is InChI=1S/C19H24BrN3O4S/c20-16-3-1-2-4-17(16)23-7-5-15(19(23)25)18(24)22-10-8-21(9-11-22)14-6-12-28(26,27)13-14/h1-4,14-15H,5-13H2. The number of carbonyl (C=O) groups is 2. The van der Waals surface area contributed by atoms with E-state index in [0.717, 1.165) is 10.2 Å². The van der Waals surface area contributed by atoms with Gasteiger partial charge in [0.15, 0.2) is 9.84 Å². The molecule has 3 heterocycles. The lowest BCUT2D eigenvalue weighted by Gasteiger charge is -2.38. The van der Waals surface area contributed by atoms with E-state index in [-0.39, 0.29) is 29.4 Å². The Balaban J connectivity index is 1.36. The van der Waals surface area contributed by atoms with Gasteiger partial charge in [-0.2, -0.15) is 0 Å². The van der Waals surface area contributed by atoms with Gasteiger partial charge in [0.25, 0.3) is 0 Å². The number of anilines is 1. The molecule has 0 bridgehead atoms. The monoisotopic (exact) mass is 469 g/mol. The van der Waals surface area contributed by atoms with Crippen LogP contribution in [0.4, 0.5) is 5.69 Å². The van der Waals surface area contributed by atoms with E-state index >= 15 is 0 Å². The number of benzene rings is 1. The molecule has 3 fully saturated rings. The van der Waals surface area contributed by atoms with Crippen molar-refractivity contribution in [3.63, 3.8) is 0 Å². The van der Waals surface area contributed by atoms with E-state index in [2.05, 4.69) is 20.8 Å². The summed E-state index contributed by atoms with van der Waals surface area (Å²) in [5.74, 6) is -0.369. The smallest absolute Gasteiger partial charge is 0.239 e. The molecule has 9 heteroatoms. The van der Waals surface area contributed by atoms with E-state index in [1.165, 1.54) is 0 Å². The highest BCUT2D eigenvalue weighted by Crippen LogP contribution is 2.32. The van der Waals surface area contributed by atoms with Crippen LogP contribution < -0.4 is 4.90 Å². The van der Waals surface area contributed by atoms with E-state index in [1.54, 1.807) is 9.80 Å². The van der Waals surface area contributed by atoms with Crippen molar-refractivity contribution in [1.29, 1.82) is 0 Å². The maximum Gasteiger partial charge on any atom is 0.239 e. The second kappa shape index (κ2) is 7.76. The fourth-order valence-corrected chi connectivity index (χ4v) is 6.67. The maximum atomic E-state index is 13.0. The van der Waals surface area contributed by atoms with Gasteiger partial charge in [-0.25, -0.2) is 8.42 Å². The largest absolute Gasteiger partial charge is 0.339 e. The van der Waals surface area contributed by atoms with Gasteiger partial charge in [-0.3, -0.25) is 14.5 Å². The number of sulfone groups is 1.